The van der Waals surface area contributed by atoms with Crippen LogP contribution in [0.1, 0.15) is 51.4 Å². The fourth-order valence-electron chi connectivity index (χ4n) is 4.08. The Labute approximate surface area is 209 Å². The number of rotatable bonds is 11. The number of hydrogen-bond acceptors (Lipinski definition) is 7. The topological polar surface area (TPSA) is 97.8 Å². The van der Waals surface area contributed by atoms with Crippen LogP contribution < -0.4 is 9.47 Å². The monoisotopic (exact) mass is 494 g/mol. The molecule has 35 heavy (non-hydrogen) atoms. The van der Waals surface area contributed by atoms with E-state index in [0.29, 0.717) is 56.3 Å². The predicted molar refractivity (Wildman–Crippen MR) is 133 cm³/mol. The number of amides is 2. The first-order valence-corrected chi connectivity index (χ1v) is 12.2. The van der Waals surface area contributed by atoms with Gasteiger partial charge < -0.3 is 33.9 Å². The molecule has 198 valence electrons. The van der Waals surface area contributed by atoms with Crippen LogP contribution in [0.4, 0.5) is 4.79 Å². The van der Waals surface area contributed by atoms with Gasteiger partial charge in [0.15, 0.2) is 11.5 Å². The lowest BCUT2D eigenvalue weighted by Crippen LogP contribution is -2.42. The summed E-state index contributed by atoms with van der Waals surface area (Å²) in [6.07, 6.45) is 0.320. The number of methoxy groups -OCH3 is 2. The van der Waals surface area contributed by atoms with Crippen molar-refractivity contribution in [2.24, 2.45) is 11.8 Å². The fourth-order valence-corrected chi connectivity index (χ4v) is 4.08. The molecule has 1 saturated heterocycles. The normalized spacial score (nSPS) is 18.0. The third-order valence-corrected chi connectivity index (χ3v) is 5.94. The van der Waals surface area contributed by atoms with Crippen LogP contribution in [0.3, 0.4) is 0 Å². The van der Waals surface area contributed by atoms with Gasteiger partial charge in [0, 0.05) is 69.8 Å². The minimum absolute atomic E-state index is 0.0634. The van der Waals surface area contributed by atoms with E-state index in [-0.39, 0.29) is 30.4 Å². The number of ether oxygens (including phenoxy) is 4. The molecule has 9 heteroatoms. The molecular weight excluding hydrogens is 452 g/mol. The van der Waals surface area contributed by atoms with Crippen LogP contribution in [0.25, 0.3) is 0 Å². The highest BCUT2D eigenvalue weighted by molar-refractivity contribution is 5.95. The summed E-state index contributed by atoms with van der Waals surface area (Å²) < 4.78 is 21.8. The average molecular weight is 495 g/mol. The minimum atomic E-state index is -0.596. The van der Waals surface area contributed by atoms with Crippen LogP contribution in [0.15, 0.2) is 18.2 Å². The molecule has 9 nitrogen and oxygen atoms in total. The molecule has 1 aromatic carbocycles. The maximum absolute atomic E-state index is 13.5. The van der Waals surface area contributed by atoms with E-state index in [1.807, 2.05) is 34.6 Å². The summed E-state index contributed by atoms with van der Waals surface area (Å²) in [5.74, 6) is 0.716. The van der Waals surface area contributed by atoms with Gasteiger partial charge in [-0.2, -0.15) is 0 Å². The Morgan fingerprint density at radius 3 is 2.37 bits per heavy atom. The molecule has 2 rings (SSSR count). The summed E-state index contributed by atoms with van der Waals surface area (Å²) in [6.45, 7) is 11.6. The van der Waals surface area contributed by atoms with Gasteiger partial charge in [-0.3, -0.25) is 4.79 Å². The van der Waals surface area contributed by atoms with Gasteiger partial charge in [-0.15, -0.1) is 0 Å². The Morgan fingerprint density at radius 1 is 1.11 bits per heavy atom. The maximum atomic E-state index is 13.5. The SMILES string of the molecule is COCCCOc1cc(C(=O)N(CC2CN(C(=O)OC(C)(C)C)CC2CO)C(C)C)ccc1OC. The third kappa shape index (κ3) is 8.28. The molecule has 1 N–H and O–H groups in total. The number of benzene rings is 1. The number of aliphatic hydroxyl groups excluding tert-OH is 1. The molecule has 0 aromatic heterocycles. The number of carbonyl (C=O) groups excluding carboxylic acids is 2. The predicted octanol–water partition coefficient (Wildman–Crippen LogP) is 3.44. The molecule has 0 radical (unpaired) electrons. The largest absolute Gasteiger partial charge is 0.493 e. The summed E-state index contributed by atoms with van der Waals surface area (Å²) >= 11 is 0. The van der Waals surface area contributed by atoms with Gasteiger partial charge >= 0.3 is 6.09 Å². The van der Waals surface area contributed by atoms with E-state index in [2.05, 4.69) is 0 Å². The van der Waals surface area contributed by atoms with Crippen LogP contribution in [-0.4, -0.2) is 92.2 Å². The standard InChI is InChI=1S/C26H42N2O7/c1-18(2)28(16-20-14-27(15-21(20)17-29)25(31)35-26(3,4)5)24(30)19-9-10-22(33-7)23(13-19)34-12-8-11-32-6/h9-10,13,18,20-21,29H,8,11-12,14-17H2,1-7H3. The Kier molecular flexibility index (Phi) is 10.6. The first-order chi connectivity index (χ1) is 16.5. The van der Waals surface area contributed by atoms with E-state index in [4.69, 9.17) is 18.9 Å². The summed E-state index contributed by atoms with van der Waals surface area (Å²) in [6, 6.07) is 5.08. The smallest absolute Gasteiger partial charge is 0.410 e. The van der Waals surface area contributed by atoms with Crippen molar-refractivity contribution in [3.8, 4) is 11.5 Å². The van der Waals surface area contributed by atoms with Crippen molar-refractivity contribution in [1.29, 1.82) is 0 Å². The molecule has 1 heterocycles. The van der Waals surface area contributed by atoms with E-state index in [0.717, 1.165) is 0 Å². The maximum Gasteiger partial charge on any atom is 0.410 e. The van der Waals surface area contributed by atoms with Crippen molar-refractivity contribution >= 4 is 12.0 Å². The van der Waals surface area contributed by atoms with E-state index in [1.54, 1.807) is 42.2 Å². The molecule has 0 bridgehead atoms. The van der Waals surface area contributed by atoms with E-state index < -0.39 is 11.7 Å². The zero-order valence-corrected chi connectivity index (χ0v) is 22.2. The van der Waals surface area contributed by atoms with Gasteiger partial charge in [-0.1, -0.05) is 0 Å². The van der Waals surface area contributed by atoms with Crippen molar-refractivity contribution in [1.82, 2.24) is 9.80 Å². The van der Waals surface area contributed by atoms with Crippen molar-refractivity contribution in [2.75, 3.05) is 53.7 Å². The second-order valence-electron chi connectivity index (χ2n) is 10.2. The van der Waals surface area contributed by atoms with Crippen LogP contribution in [0.2, 0.25) is 0 Å². The molecule has 1 aliphatic rings. The highest BCUT2D eigenvalue weighted by Gasteiger charge is 2.38. The zero-order valence-electron chi connectivity index (χ0n) is 22.2. The first-order valence-electron chi connectivity index (χ1n) is 12.2. The Hall–Kier alpha value is -2.52. The van der Waals surface area contributed by atoms with Crippen LogP contribution in [0, 0.1) is 11.8 Å². The lowest BCUT2D eigenvalue weighted by molar-refractivity contribution is 0.0279. The van der Waals surface area contributed by atoms with Gasteiger partial charge in [0.05, 0.1) is 13.7 Å². The van der Waals surface area contributed by atoms with Crippen LogP contribution in [-0.2, 0) is 9.47 Å². The number of aliphatic hydroxyl groups is 1. The lowest BCUT2D eigenvalue weighted by atomic mass is 9.95. The Bertz CT molecular complexity index is 837. The van der Waals surface area contributed by atoms with Crippen LogP contribution >= 0.6 is 0 Å². The summed E-state index contributed by atoms with van der Waals surface area (Å²) in [5.41, 5.74) is -0.106. The summed E-state index contributed by atoms with van der Waals surface area (Å²) in [4.78, 5) is 29.5. The second-order valence-corrected chi connectivity index (χ2v) is 10.2. The third-order valence-electron chi connectivity index (χ3n) is 5.94. The molecule has 1 aliphatic heterocycles. The number of hydrogen-bond donors (Lipinski definition) is 1. The molecule has 0 saturated carbocycles. The summed E-state index contributed by atoms with van der Waals surface area (Å²) in [7, 11) is 3.20. The van der Waals surface area contributed by atoms with Crippen molar-refractivity contribution in [3.63, 3.8) is 0 Å². The molecule has 1 aromatic rings. The second kappa shape index (κ2) is 13.0. The van der Waals surface area contributed by atoms with E-state index in [9.17, 15) is 14.7 Å². The van der Waals surface area contributed by atoms with Gasteiger partial charge in [-0.25, -0.2) is 4.79 Å². The Morgan fingerprint density at radius 2 is 1.80 bits per heavy atom. The van der Waals surface area contributed by atoms with Gasteiger partial charge in [-0.05, 0) is 52.8 Å². The fraction of sp³-hybridized carbons (Fsp3) is 0.692. The molecule has 0 aliphatic carbocycles. The first kappa shape index (κ1) is 28.7. The molecular formula is C26H42N2O7. The number of nitrogens with zero attached hydrogens (tertiary/aromatic N) is 2. The number of carbonyl (C=O) groups is 2. The van der Waals surface area contributed by atoms with Crippen molar-refractivity contribution < 1.29 is 33.6 Å². The molecule has 1 fully saturated rings. The molecule has 2 amide bonds. The highest BCUT2D eigenvalue weighted by Crippen LogP contribution is 2.31. The lowest BCUT2D eigenvalue weighted by Gasteiger charge is -2.31. The van der Waals surface area contributed by atoms with Gasteiger partial charge in [0.25, 0.3) is 5.91 Å². The van der Waals surface area contributed by atoms with E-state index in [1.165, 1.54) is 0 Å². The number of likely N-dealkylation sites (tertiary alicyclic amines) is 1. The van der Waals surface area contributed by atoms with Crippen molar-refractivity contribution in [2.45, 2.75) is 52.7 Å². The zero-order chi connectivity index (χ0) is 26.2. The molecule has 2 unspecified atom stereocenters. The molecule has 2 atom stereocenters. The molecule has 0 spiro atoms. The average Bonchev–Trinajstić information content (AvgIpc) is 3.21. The van der Waals surface area contributed by atoms with Crippen molar-refractivity contribution in [3.05, 3.63) is 23.8 Å². The van der Waals surface area contributed by atoms with Gasteiger partial charge in [0.2, 0.25) is 0 Å². The Balaban J connectivity index is 2.17. The quantitative estimate of drug-likeness (QED) is 0.471. The van der Waals surface area contributed by atoms with E-state index >= 15 is 0 Å². The highest BCUT2D eigenvalue weighted by atomic mass is 16.6. The van der Waals surface area contributed by atoms with Crippen LogP contribution in [0.5, 0.6) is 11.5 Å². The summed E-state index contributed by atoms with van der Waals surface area (Å²) in [5, 5.41) is 9.97. The van der Waals surface area contributed by atoms with Gasteiger partial charge in [0.1, 0.15) is 5.60 Å². The minimum Gasteiger partial charge on any atom is -0.493 e.